The Hall–Kier alpha value is -4.72. The van der Waals surface area contributed by atoms with Crippen molar-refractivity contribution in [2.45, 2.75) is 26.9 Å². The lowest BCUT2D eigenvalue weighted by atomic mass is 10.2. The molecule has 0 N–H and O–H groups in total. The molecule has 0 unspecified atom stereocenters. The van der Waals surface area contributed by atoms with Crippen LogP contribution in [-0.4, -0.2) is 27.8 Å². The Morgan fingerprint density at radius 3 is 2.42 bits per heavy atom. The lowest BCUT2D eigenvalue weighted by Gasteiger charge is -2.22. The van der Waals surface area contributed by atoms with Crippen LogP contribution < -0.4 is 14.4 Å². The van der Waals surface area contributed by atoms with E-state index < -0.39 is 5.82 Å². The summed E-state index contributed by atoms with van der Waals surface area (Å²) >= 11 is 0. The highest BCUT2D eigenvalue weighted by Crippen LogP contribution is 2.34. The first-order chi connectivity index (χ1) is 18.4. The van der Waals surface area contributed by atoms with Gasteiger partial charge in [0.05, 0.1) is 31.3 Å². The molecule has 0 aliphatic carbocycles. The highest BCUT2D eigenvalue weighted by Gasteiger charge is 2.18. The first kappa shape index (κ1) is 25.0. The van der Waals surface area contributed by atoms with Gasteiger partial charge < -0.3 is 14.4 Å². The Morgan fingerprint density at radius 2 is 1.74 bits per heavy atom. The average Bonchev–Trinajstić information content (AvgIpc) is 3.25. The first-order valence-electron chi connectivity index (χ1n) is 12.2. The van der Waals surface area contributed by atoms with Crippen LogP contribution >= 0.6 is 0 Å². The third kappa shape index (κ3) is 5.20. The molecule has 0 atom stereocenters. The van der Waals surface area contributed by atoms with Crippen LogP contribution in [0.4, 0.5) is 10.1 Å². The van der Waals surface area contributed by atoms with Crippen molar-refractivity contribution in [1.82, 2.24) is 14.8 Å². The van der Waals surface area contributed by atoms with Crippen LogP contribution in [0.5, 0.6) is 17.2 Å². The van der Waals surface area contributed by atoms with Crippen molar-refractivity contribution in [2.24, 2.45) is 0 Å². The molecule has 192 valence electrons. The van der Waals surface area contributed by atoms with E-state index in [-0.39, 0.29) is 11.7 Å². The van der Waals surface area contributed by atoms with Gasteiger partial charge in [-0.1, -0.05) is 42.5 Å². The van der Waals surface area contributed by atoms with Crippen molar-refractivity contribution in [3.8, 4) is 17.2 Å². The van der Waals surface area contributed by atoms with E-state index in [1.54, 1.807) is 30.1 Å². The molecule has 1 amide bonds. The number of benzene rings is 3. The van der Waals surface area contributed by atoms with E-state index in [0.717, 1.165) is 22.6 Å². The summed E-state index contributed by atoms with van der Waals surface area (Å²) in [6, 6.07) is 23.5. The number of nitrogens with zero attached hydrogens (tertiary/aromatic N) is 4. The van der Waals surface area contributed by atoms with Crippen LogP contribution in [0.1, 0.15) is 23.7 Å². The number of carbonyl (C=O) groups excluding carboxylic acids is 1. The molecule has 8 heteroatoms. The van der Waals surface area contributed by atoms with Crippen LogP contribution in [0.2, 0.25) is 0 Å². The van der Waals surface area contributed by atoms with E-state index in [1.165, 1.54) is 24.0 Å². The number of methoxy groups -OCH3 is 1. The Balaban J connectivity index is 1.41. The Morgan fingerprint density at radius 1 is 0.974 bits per heavy atom. The van der Waals surface area contributed by atoms with Crippen molar-refractivity contribution in [3.05, 3.63) is 108 Å². The fourth-order valence-electron chi connectivity index (χ4n) is 4.36. The maximum Gasteiger partial charge on any atom is 0.224 e. The van der Waals surface area contributed by atoms with Crippen molar-refractivity contribution in [1.29, 1.82) is 0 Å². The Bertz CT molecular complexity index is 1580. The number of halogens is 1. The fraction of sp³-hybridized carbons (Fsp3) is 0.167. The highest BCUT2D eigenvalue weighted by atomic mass is 19.1. The second-order valence-electron chi connectivity index (χ2n) is 8.91. The standard InChI is InChI=1S/C30H27FN4O3/c1-20-29-28(15-16-32-30(29)35(33-20)19-23-9-12-25(37-3)13-10-23)38-27-14-11-24(17-26(27)31)34(21(2)36)18-22-7-5-4-6-8-22/h4-17H,18-19H2,1-3H3. The molecule has 0 aliphatic heterocycles. The molecule has 0 radical (unpaired) electrons. The minimum Gasteiger partial charge on any atom is -0.497 e. The number of hydrogen-bond acceptors (Lipinski definition) is 5. The molecular weight excluding hydrogens is 483 g/mol. The number of pyridine rings is 1. The number of aryl methyl sites for hydroxylation is 1. The van der Waals surface area contributed by atoms with Gasteiger partial charge in [-0.3, -0.25) is 4.79 Å². The summed E-state index contributed by atoms with van der Waals surface area (Å²) in [4.78, 5) is 18.4. The number of aromatic nitrogens is 3. The van der Waals surface area contributed by atoms with Gasteiger partial charge in [-0.05, 0) is 48.4 Å². The van der Waals surface area contributed by atoms with Gasteiger partial charge in [-0.15, -0.1) is 0 Å². The molecule has 0 aliphatic rings. The maximum atomic E-state index is 15.2. The minimum absolute atomic E-state index is 0.0479. The summed E-state index contributed by atoms with van der Waals surface area (Å²) in [5.74, 6) is 0.524. The van der Waals surface area contributed by atoms with Gasteiger partial charge in [-0.2, -0.15) is 5.10 Å². The summed E-state index contributed by atoms with van der Waals surface area (Å²) in [6.07, 6.45) is 1.62. The molecule has 0 bridgehead atoms. The van der Waals surface area contributed by atoms with Crippen LogP contribution in [0.25, 0.3) is 11.0 Å². The van der Waals surface area contributed by atoms with Crippen molar-refractivity contribution >= 4 is 22.6 Å². The minimum atomic E-state index is -0.574. The zero-order valence-electron chi connectivity index (χ0n) is 21.4. The van der Waals surface area contributed by atoms with E-state index >= 15 is 4.39 Å². The number of carbonyl (C=O) groups is 1. The van der Waals surface area contributed by atoms with Gasteiger partial charge in [0, 0.05) is 24.9 Å². The Kier molecular flexibility index (Phi) is 7.04. The maximum absolute atomic E-state index is 15.2. The van der Waals surface area contributed by atoms with Crippen LogP contribution in [0, 0.1) is 12.7 Å². The molecule has 0 spiro atoms. The van der Waals surface area contributed by atoms with Gasteiger partial charge in [0.15, 0.2) is 17.2 Å². The third-order valence-corrected chi connectivity index (χ3v) is 6.27. The predicted molar refractivity (Wildman–Crippen MR) is 144 cm³/mol. The molecule has 5 aromatic rings. The molecule has 38 heavy (non-hydrogen) atoms. The van der Waals surface area contributed by atoms with E-state index in [2.05, 4.69) is 10.1 Å². The second kappa shape index (κ2) is 10.7. The second-order valence-corrected chi connectivity index (χ2v) is 8.91. The van der Waals surface area contributed by atoms with Gasteiger partial charge in [0.1, 0.15) is 11.5 Å². The molecule has 2 aromatic heterocycles. The largest absolute Gasteiger partial charge is 0.497 e. The van der Waals surface area contributed by atoms with E-state index in [1.807, 2.05) is 61.5 Å². The first-order valence-corrected chi connectivity index (χ1v) is 12.2. The van der Waals surface area contributed by atoms with Crippen molar-refractivity contribution in [3.63, 3.8) is 0 Å². The van der Waals surface area contributed by atoms with E-state index in [0.29, 0.717) is 35.6 Å². The molecule has 7 nitrogen and oxygen atoms in total. The summed E-state index contributed by atoms with van der Waals surface area (Å²) in [5, 5.41) is 5.36. The van der Waals surface area contributed by atoms with Crippen LogP contribution in [-0.2, 0) is 17.9 Å². The number of fused-ring (bicyclic) bond motifs is 1. The van der Waals surface area contributed by atoms with Gasteiger partial charge in [0.25, 0.3) is 0 Å². The van der Waals surface area contributed by atoms with Crippen molar-refractivity contribution < 1.29 is 18.7 Å². The molecular formula is C30H27FN4O3. The zero-order chi connectivity index (χ0) is 26.6. The summed E-state index contributed by atoms with van der Waals surface area (Å²) in [5.41, 5.74) is 3.80. The van der Waals surface area contributed by atoms with Gasteiger partial charge in [-0.25, -0.2) is 14.1 Å². The lowest BCUT2D eigenvalue weighted by Crippen LogP contribution is -2.27. The third-order valence-electron chi connectivity index (χ3n) is 6.27. The molecule has 0 saturated heterocycles. The topological polar surface area (TPSA) is 69.5 Å². The summed E-state index contributed by atoms with van der Waals surface area (Å²) in [7, 11) is 1.63. The van der Waals surface area contributed by atoms with E-state index in [9.17, 15) is 4.79 Å². The number of rotatable bonds is 8. The monoisotopic (exact) mass is 510 g/mol. The fourth-order valence-corrected chi connectivity index (χ4v) is 4.36. The quantitative estimate of drug-likeness (QED) is 0.246. The molecule has 0 fully saturated rings. The zero-order valence-corrected chi connectivity index (χ0v) is 21.4. The number of ether oxygens (including phenoxy) is 2. The summed E-state index contributed by atoms with van der Waals surface area (Å²) in [6.45, 7) is 4.18. The SMILES string of the molecule is COc1ccc(Cn2nc(C)c3c(Oc4ccc(N(Cc5ccccc5)C(C)=O)cc4F)ccnc32)cc1. The van der Waals surface area contributed by atoms with Crippen LogP contribution in [0.15, 0.2) is 85.1 Å². The number of anilines is 1. The van der Waals surface area contributed by atoms with E-state index in [4.69, 9.17) is 9.47 Å². The Labute approximate surface area is 220 Å². The van der Waals surface area contributed by atoms with Crippen molar-refractivity contribution in [2.75, 3.05) is 12.0 Å². The predicted octanol–water partition coefficient (Wildman–Crippen LogP) is 6.28. The molecule has 3 aromatic carbocycles. The lowest BCUT2D eigenvalue weighted by molar-refractivity contribution is -0.116. The average molecular weight is 511 g/mol. The molecule has 0 saturated carbocycles. The number of amides is 1. The van der Waals surface area contributed by atoms with Gasteiger partial charge >= 0.3 is 0 Å². The number of hydrogen-bond donors (Lipinski definition) is 0. The normalized spacial score (nSPS) is 10.9. The highest BCUT2D eigenvalue weighted by molar-refractivity contribution is 5.91. The van der Waals surface area contributed by atoms with Crippen LogP contribution in [0.3, 0.4) is 0 Å². The smallest absolute Gasteiger partial charge is 0.224 e. The summed E-state index contributed by atoms with van der Waals surface area (Å²) < 4.78 is 28.3. The van der Waals surface area contributed by atoms with Gasteiger partial charge in [0.2, 0.25) is 5.91 Å². The molecule has 5 rings (SSSR count). The molecule has 2 heterocycles.